The Morgan fingerprint density at radius 1 is 0.724 bits per heavy atom. The highest BCUT2D eigenvalue weighted by Gasteiger charge is 2.47. The van der Waals surface area contributed by atoms with Gasteiger partial charge in [0, 0.05) is 43.7 Å². The average molecular weight is 1290 g/mol. The number of fused-ring (bicyclic) bond motifs is 1. The van der Waals surface area contributed by atoms with E-state index in [2.05, 4.69) is 47.1 Å². The topological polar surface area (TPSA) is 590 Å². The first kappa shape index (κ1) is 74.8. The number of aliphatic hydroxyl groups excluding tert-OH is 6. The Bertz CT molecular complexity index is 2450. The Hall–Kier alpha value is -6.42. The predicted octanol–water partition coefficient (Wildman–Crippen LogP) is -9.41. The van der Waals surface area contributed by atoms with Gasteiger partial charge in [-0.25, -0.2) is 9.36 Å². The third-order valence-corrected chi connectivity index (χ3v) is 15.7. The molecule has 22 N–H and O–H groups in total. The zero-order chi connectivity index (χ0) is 65.3. The lowest BCUT2D eigenvalue weighted by atomic mass is 9.97. The molecule has 3 aliphatic rings. The molecule has 3 fully saturated rings. The lowest BCUT2D eigenvalue weighted by molar-refractivity contribution is -0.271. The Morgan fingerprint density at radius 2 is 1.31 bits per heavy atom. The molecule has 37 nitrogen and oxygen atoms in total. The van der Waals surface area contributed by atoms with Crippen molar-refractivity contribution in [1.29, 1.82) is 0 Å². The van der Waals surface area contributed by atoms with Crippen LogP contribution in [0.4, 0.5) is 4.79 Å². The van der Waals surface area contributed by atoms with E-state index >= 15 is 0 Å². The van der Waals surface area contributed by atoms with Crippen LogP contribution in [0.3, 0.4) is 0 Å². The van der Waals surface area contributed by atoms with E-state index in [9.17, 15) is 103 Å². The van der Waals surface area contributed by atoms with Gasteiger partial charge in [-0.05, 0) is 46.0 Å². The highest BCUT2D eigenvalue weighted by Crippen LogP contribution is 2.38. The van der Waals surface area contributed by atoms with Crippen molar-refractivity contribution >= 4 is 90.7 Å². The first-order valence-corrected chi connectivity index (χ1v) is 30.2. The van der Waals surface area contributed by atoms with Gasteiger partial charge >= 0.3 is 19.8 Å². The molecule has 3 rings (SSSR count). The van der Waals surface area contributed by atoms with Gasteiger partial charge in [-0.1, -0.05) is 12.8 Å². The minimum atomic E-state index is -5.38. The number of carboxylic acid groups (broad SMARTS) is 1. The standard InChI is InChI=1S/C48H81N12O25PS/c1-21(64)35(45(77)56-27(19-83-47-38(52-23(3)65)40(72)39(71)29(18-63)84-47)44(76)55-26(17-62)43(75)54-25(16-61)41(73)51-15-34(69)70)59-42(74)24(12-13-31(49)66)53-46(78)36(22(2)85-86(80,81)82)58-33(68)11-5-4-8-14-50-32(67)10-7-6-9-30-37-28(20-87-30)57-48(79)60-37/h21-22,24-30,35-40,47,61-64,71-72H,4-20H2,1-3H3,(H2,49,66)(H,50,67)(H,51,73)(H,52,65)(H,53,78)(H,54,75)(H,55,76)(H,56,77)(H,58,68)(H,59,74)(H,69,70)(H2,57,60,79)(H2,80,81,82)/t21-,22-,24+,25+,26+,27+,28+,29-,30+,35+,36+,37+,38-,39-,40-,47-/m1/s1. The van der Waals surface area contributed by atoms with E-state index in [0.29, 0.717) is 19.3 Å². The molecule has 3 aliphatic heterocycles. The Kier molecular flexibility index (Phi) is 31.6. The molecule has 0 aromatic rings. The van der Waals surface area contributed by atoms with Crippen LogP contribution >= 0.6 is 19.6 Å². The number of rotatable bonds is 39. The number of carbonyl (C=O) groups is 12. The summed E-state index contributed by atoms with van der Waals surface area (Å²) >= 11 is 1.78. The number of aliphatic hydroxyl groups is 6. The smallest absolute Gasteiger partial charge is 0.469 e. The largest absolute Gasteiger partial charge is 0.480 e. The number of hydrogen-bond acceptors (Lipinski definition) is 23. The third-order valence-electron chi connectivity index (χ3n) is 13.6. The van der Waals surface area contributed by atoms with E-state index in [-0.39, 0.29) is 55.1 Å². The van der Waals surface area contributed by atoms with Crippen molar-refractivity contribution in [1.82, 2.24) is 58.5 Å². The van der Waals surface area contributed by atoms with Crippen LogP contribution in [0, 0.1) is 0 Å². The van der Waals surface area contributed by atoms with Crippen molar-refractivity contribution in [3.63, 3.8) is 0 Å². The molecule has 87 heavy (non-hydrogen) atoms. The van der Waals surface area contributed by atoms with Crippen LogP contribution in [-0.2, 0) is 71.3 Å². The van der Waals surface area contributed by atoms with Gasteiger partial charge in [-0.2, -0.15) is 11.8 Å². The van der Waals surface area contributed by atoms with Gasteiger partial charge in [0.25, 0.3) is 0 Å². The van der Waals surface area contributed by atoms with Crippen LogP contribution in [0.15, 0.2) is 0 Å². The fourth-order valence-electron chi connectivity index (χ4n) is 9.04. The maximum atomic E-state index is 14.1. The molecule has 0 aromatic heterocycles. The summed E-state index contributed by atoms with van der Waals surface area (Å²) in [5.74, 6) is -11.8. The molecule has 0 saturated carbocycles. The number of amides is 12. The summed E-state index contributed by atoms with van der Waals surface area (Å²) in [6, 6.07) is -13.8. The van der Waals surface area contributed by atoms with E-state index in [1.165, 1.54) is 0 Å². The number of hydrogen-bond donors (Lipinski definition) is 21. The van der Waals surface area contributed by atoms with Crippen molar-refractivity contribution in [2.45, 2.75) is 181 Å². The number of aliphatic carboxylic acids is 1. The minimum Gasteiger partial charge on any atom is -0.480 e. The Morgan fingerprint density at radius 3 is 1.91 bits per heavy atom. The van der Waals surface area contributed by atoms with Crippen molar-refractivity contribution in [3.8, 4) is 0 Å². The third kappa shape index (κ3) is 25.7. The molecule has 0 aromatic carbocycles. The second-order valence-corrected chi connectivity index (χ2v) is 23.1. The number of ether oxygens (including phenoxy) is 2. The van der Waals surface area contributed by atoms with Crippen LogP contribution in [0.1, 0.15) is 85.0 Å². The molecule has 0 spiro atoms. The predicted molar refractivity (Wildman–Crippen MR) is 296 cm³/mol. The molecule has 12 amide bonds. The number of nitrogens with one attached hydrogen (secondary N) is 11. The van der Waals surface area contributed by atoms with Crippen molar-refractivity contribution < 1.29 is 122 Å². The first-order chi connectivity index (χ1) is 40.9. The van der Waals surface area contributed by atoms with E-state index < -0.39 is 192 Å². The number of urea groups is 1. The van der Waals surface area contributed by atoms with Gasteiger partial charge in [-0.15, -0.1) is 0 Å². The molecule has 16 atom stereocenters. The fourth-order valence-corrected chi connectivity index (χ4v) is 11.1. The van der Waals surface area contributed by atoms with Gasteiger partial charge in [0.15, 0.2) is 6.29 Å². The van der Waals surface area contributed by atoms with Crippen LogP contribution in [0.25, 0.3) is 0 Å². The normalized spacial score (nSPS) is 23.4. The molecule has 3 heterocycles. The monoisotopic (exact) mass is 1290 g/mol. The van der Waals surface area contributed by atoms with Gasteiger partial charge < -0.3 is 119 Å². The lowest BCUT2D eigenvalue weighted by Gasteiger charge is -2.42. The summed E-state index contributed by atoms with van der Waals surface area (Å²) in [6.45, 7) is -2.18. The number of carbonyl (C=O) groups excluding carboxylic acids is 11. The number of phosphoric acid groups is 1. The average Bonchev–Trinajstić information content (AvgIpc) is 2.25. The summed E-state index contributed by atoms with van der Waals surface area (Å²) in [4.78, 5) is 173. The number of nitrogens with two attached hydrogens (primary N) is 1. The summed E-state index contributed by atoms with van der Waals surface area (Å²) in [5, 5.41) is 96.4. The zero-order valence-corrected chi connectivity index (χ0v) is 49.5. The van der Waals surface area contributed by atoms with Gasteiger partial charge in [0.05, 0.1) is 50.7 Å². The number of phosphoric ester groups is 1. The summed E-state index contributed by atoms with van der Waals surface area (Å²) in [6.07, 6.45) is -8.97. The quantitative estimate of drug-likeness (QED) is 0.0154. The molecule has 0 bridgehead atoms. The molecule has 494 valence electrons. The van der Waals surface area contributed by atoms with Gasteiger partial charge in [0.2, 0.25) is 59.1 Å². The SMILES string of the molecule is CC(=O)N[C@H]1[C@H](OC[C@H](NC(=O)[C@@H](NC(=O)[C@H](CCC(N)=O)NC(=O)[C@@H](NC(=O)CCCCCNC(=O)CCCC[C@@H]2SC[C@@H]3NC(=O)N[C@@H]32)[C@@H](C)OP(=O)(O)O)[C@@H](C)O)C(=O)N[C@@H](CO)C(=O)N[C@@H](CO)C(=O)NCC(=O)O)O[C@H](CO)[C@@H](O)[C@@H]1O. The highest BCUT2D eigenvalue weighted by molar-refractivity contribution is 8.00. The Balaban J connectivity index is 1.77. The number of primary amides is 1. The molecule has 3 saturated heterocycles. The molecule has 0 unspecified atom stereocenters. The molecular formula is C48H81N12O25PS. The first-order valence-electron chi connectivity index (χ1n) is 27.6. The van der Waals surface area contributed by atoms with Gasteiger partial charge in [0.1, 0.15) is 67.1 Å². The molecule has 0 radical (unpaired) electrons. The summed E-state index contributed by atoms with van der Waals surface area (Å²) in [5.41, 5.74) is 5.33. The van der Waals surface area contributed by atoms with Crippen molar-refractivity contribution in [2.75, 3.05) is 45.3 Å². The molecular weight excluding hydrogens is 1210 g/mol. The maximum Gasteiger partial charge on any atom is 0.469 e. The Labute approximate surface area is 501 Å². The minimum absolute atomic E-state index is 0.0608. The zero-order valence-electron chi connectivity index (χ0n) is 47.7. The number of unbranched alkanes of at least 4 members (excludes halogenated alkanes) is 3. The van der Waals surface area contributed by atoms with Gasteiger partial charge in [-0.3, -0.25) is 57.3 Å². The summed E-state index contributed by atoms with van der Waals surface area (Å²) in [7, 11) is -5.38. The van der Waals surface area contributed by atoms with Crippen molar-refractivity contribution in [2.24, 2.45) is 5.73 Å². The van der Waals surface area contributed by atoms with Crippen molar-refractivity contribution in [3.05, 3.63) is 0 Å². The second-order valence-electron chi connectivity index (χ2n) is 20.6. The summed E-state index contributed by atoms with van der Waals surface area (Å²) < 4.78 is 27.8. The van der Waals surface area contributed by atoms with E-state index in [1.807, 2.05) is 16.0 Å². The van der Waals surface area contributed by atoms with E-state index in [0.717, 1.165) is 39.4 Å². The van der Waals surface area contributed by atoms with Crippen LogP contribution in [0.5, 0.6) is 0 Å². The lowest BCUT2D eigenvalue weighted by Crippen LogP contribution is -2.66. The number of thioether (sulfide) groups is 1. The number of carboxylic acids is 1. The van der Waals surface area contributed by atoms with Crippen LogP contribution < -0.4 is 64.2 Å². The van der Waals surface area contributed by atoms with Crippen LogP contribution in [-0.4, -0.2) is 258 Å². The molecule has 0 aliphatic carbocycles. The van der Waals surface area contributed by atoms with Crippen LogP contribution in [0.2, 0.25) is 0 Å². The molecule has 39 heteroatoms. The highest BCUT2D eigenvalue weighted by atomic mass is 32.2. The second kappa shape index (κ2) is 36.8. The van der Waals surface area contributed by atoms with E-state index in [1.54, 1.807) is 11.8 Å². The fraction of sp³-hybridized carbons (Fsp3) is 0.750. The van der Waals surface area contributed by atoms with E-state index in [4.69, 9.17) is 20.3 Å². The maximum absolute atomic E-state index is 14.1.